The molecule has 1 aromatic rings. The molecule has 132 valence electrons. The summed E-state index contributed by atoms with van der Waals surface area (Å²) in [6.45, 7) is 2.65. The van der Waals surface area contributed by atoms with Crippen LogP contribution in [-0.4, -0.2) is 43.4 Å². The molecule has 1 aromatic heterocycles. The van der Waals surface area contributed by atoms with E-state index in [0.29, 0.717) is 30.0 Å². The number of pyridine rings is 1. The van der Waals surface area contributed by atoms with E-state index in [9.17, 15) is 13.2 Å². The van der Waals surface area contributed by atoms with E-state index in [4.69, 9.17) is 16.3 Å². The van der Waals surface area contributed by atoms with E-state index in [1.54, 1.807) is 18.3 Å². The normalized spacial score (nSPS) is 11.6. The quantitative estimate of drug-likeness (QED) is 0.280. The minimum absolute atomic E-state index is 0. The summed E-state index contributed by atoms with van der Waals surface area (Å²) in [6, 6.07) is 3.34. The molecule has 0 aliphatic carbocycles. The number of nitrogens with zero attached hydrogens (tertiary/aromatic N) is 2. The van der Waals surface area contributed by atoms with Crippen LogP contribution in [0.5, 0.6) is 5.88 Å². The minimum Gasteiger partial charge on any atom is -0.475 e. The second kappa shape index (κ2) is 11.5. The Bertz CT molecular complexity index is 489. The van der Waals surface area contributed by atoms with Crippen LogP contribution in [0.25, 0.3) is 0 Å². The molecule has 5 nitrogen and oxygen atoms in total. The van der Waals surface area contributed by atoms with Gasteiger partial charge in [0, 0.05) is 12.7 Å². The van der Waals surface area contributed by atoms with E-state index in [2.05, 4.69) is 20.6 Å². The second-order valence-electron chi connectivity index (χ2n) is 4.19. The Hall–Kier alpha value is -0.970. The number of aromatic nitrogens is 1. The molecule has 0 saturated carbocycles. The van der Waals surface area contributed by atoms with Crippen molar-refractivity contribution in [2.45, 2.75) is 19.5 Å². The van der Waals surface area contributed by atoms with Crippen LogP contribution in [-0.2, 0) is 0 Å². The van der Waals surface area contributed by atoms with Crippen LogP contribution in [0.4, 0.5) is 13.2 Å². The lowest BCUT2D eigenvalue weighted by atomic mass is 10.4. The predicted molar refractivity (Wildman–Crippen MR) is 94.8 cm³/mol. The van der Waals surface area contributed by atoms with Crippen molar-refractivity contribution in [3.05, 3.63) is 23.4 Å². The number of alkyl halides is 3. The maximum absolute atomic E-state index is 12.1. The molecule has 1 heterocycles. The van der Waals surface area contributed by atoms with Gasteiger partial charge in [0.2, 0.25) is 5.88 Å². The van der Waals surface area contributed by atoms with Crippen molar-refractivity contribution in [3.8, 4) is 5.88 Å². The zero-order valence-electron chi connectivity index (χ0n) is 12.5. The summed E-state index contributed by atoms with van der Waals surface area (Å²) >= 11 is 5.88. The maximum Gasteiger partial charge on any atom is 0.390 e. The summed E-state index contributed by atoms with van der Waals surface area (Å²) < 4.78 is 41.6. The Balaban J connectivity index is 0.00000484. The molecule has 23 heavy (non-hydrogen) atoms. The Morgan fingerprint density at radius 3 is 2.74 bits per heavy atom. The number of hydrogen-bond acceptors (Lipinski definition) is 3. The first kappa shape index (κ1) is 22.0. The van der Waals surface area contributed by atoms with Crippen molar-refractivity contribution in [1.29, 1.82) is 0 Å². The zero-order valence-corrected chi connectivity index (χ0v) is 15.6. The lowest BCUT2D eigenvalue weighted by molar-refractivity contribution is -0.132. The molecule has 1 rings (SSSR count). The van der Waals surface area contributed by atoms with E-state index < -0.39 is 12.6 Å². The highest BCUT2D eigenvalue weighted by Crippen LogP contribution is 2.19. The van der Waals surface area contributed by atoms with Crippen LogP contribution in [0, 0.1) is 0 Å². The van der Waals surface area contributed by atoms with E-state index in [1.807, 2.05) is 6.92 Å². The van der Waals surface area contributed by atoms with Crippen LogP contribution in [0.3, 0.4) is 0 Å². The second-order valence-corrected chi connectivity index (χ2v) is 4.60. The fraction of sp³-hybridized carbons (Fsp3) is 0.538. The van der Waals surface area contributed by atoms with Crippen LogP contribution >= 0.6 is 35.6 Å². The standard InChI is InChI=1S/C13H18ClF3N4O.HI/c1-2-18-12(20-7-5-13(15,16)17)21-8-9-22-11-10(14)4-3-6-19-11;/h3-4,6H,2,5,7-9H2,1H3,(H2,18,20,21);1H. The zero-order chi connectivity index (χ0) is 16.4. The van der Waals surface area contributed by atoms with Gasteiger partial charge in [-0.05, 0) is 19.1 Å². The number of nitrogens with one attached hydrogen (secondary N) is 2. The Kier molecular flexibility index (Phi) is 11.1. The van der Waals surface area contributed by atoms with Crippen LogP contribution in [0.2, 0.25) is 5.02 Å². The fourth-order valence-corrected chi connectivity index (χ4v) is 1.61. The van der Waals surface area contributed by atoms with Gasteiger partial charge >= 0.3 is 6.18 Å². The monoisotopic (exact) mass is 466 g/mol. The lowest BCUT2D eigenvalue weighted by Gasteiger charge is -2.12. The molecule has 0 amide bonds. The van der Waals surface area contributed by atoms with Gasteiger partial charge in [0.1, 0.15) is 11.6 Å². The summed E-state index contributed by atoms with van der Waals surface area (Å²) in [7, 11) is 0. The van der Waals surface area contributed by atoms with Gasteiger partial charge in [0.15, 0.2) is 5.96 Å². The third-order valence-electron chi connectivity index (χ3n) is 2.37. The number of aliphatic imine (C=N–C) groups is 1. The van der Waals surface area contributed by atoms with Gasteiger partial charge in [-0.15, -0.1) is 24.0 Å². The number of guanidine groups is 1. The molecule has 0 bridgehead atoms. The van der Waals surface area contributed by atoms with Crippen molar-refractivity contribution in [3.63, 3.8) is 0 Å². The largest absolute Gasteiger partial charge is 0.475 e. The molecule has 0 fully saturated rings. The van der Waals surface area contributed by atoms with Crippen LogP contribution in [0.1, 0.15) is 13.3 Å². The average molecular weight is 467 g/mol. The molecule has 0 aliphatic heterocycles. The smallest absolute Gasteiger partial charge is 0.390 e. The van der Waals surface area contributed by atoms with Crippen LogP contribution < -0.4 is 15.4 Å². The van der Waals surface area contributed by atoms with Gasteiger partial charge in [-0.1, -0.05) is 11.6 Å². The summed E-state index contributed by atoms with van der Waals surface area (Å²) in [5.41, 5.74) is 0. The third-order valence-corrected chi connectivity index (χ3v) is 2.66. The fourth-order valence-electron chi connectivity index (χ4n) is 1.43. The molecular formula is C13H19ClF3IN4O. The summed E-state index contributed by atoms with van der Waals surface area (Å²) in [4.78, 5) is 7.79. The number of hydrogen-bond donors (Lipinski definition) is 2. The van der Waals surface area contributed by atoms with Gasteiger partial charge < -0.3 is 15.4 Å². The number of halogens is 5. The first-order valence-corrected chi connectivity index (χ1v) is 7.12. The molecule has 0 radical (unpaired) electrons. The first-order valence-electron chi connectivity index (χ1n) is 6.74. The van der Waals surface area contributed by atoms with E-state index in [1.165, 1.54) is 0 Å². The first-order chi connectivity index (χ1) is 10.4. The summed E-state index contributed by atoms with van der Waals surface area (Å²) in [5.74, 6) is 0.618. The van der Waals surface area contributed by atoms with Gasteiger partial charge in [-0.2, -0.15) is 13.2 Å². The van der Waals surface area contributed by atoms with Crippen molar-refractivity contribution >= 4 is 41.5 Å². The SMILES string of the molecule is CCNC(=NCCC(F)(F)F)NCCOc1ncccc1Cl.I. The van der Waals surface area contributed by atoms with Gasteiger partial charge in [0.25, 0.3) is 0 Å². The topological polar surface area (TPSA) is 58.5 Å². The highest BCUT2D eigenvalue weighted by atomic mass is 127. The minimum atomic E-state index is -4.21. The number of rotatable bonds is 7. The molecule has 0 atom stereocenters. The summed E-state index contributed by atoms with van der Waals surface area (Å²) in [5, 5.41) is 6.12. The van der Waals surface area contributed by atoms with Gasteiger partial charge in [0.05, 0.1) is 19.5 Å². The summed E-state index contributed by atoms with van der Waals surface area (Å²) in [6.07, 6.45) is -3.61. The third kappa shape index (κ3) is 10.4. The molecule has 0 aromatic carbocycles. The van der Waals surface area contributed by atoms with E-state index in [0.717, 1.165) is 0 Å². The highest BCUT2D eigenvalue weighted by Gasteiger charge is 2.26. The molecule has 0 saturated heterocycles. The van der Waals surface area contributed by atoms with E-state index in [-0.39, 0.29) is 37.1 Å². The lowest BCUT2D eigenvalue weighted by Crippen LogP contribution is -2.39. The van der Waals surface area contributed by atoms with Crippen molar-refractivity contribution in [2.75, 3.05) is 26.2 Å². The molecule has 2 N–H and O–H groups in total. The van der Waals surface area contributed by atoms with Crippen molar-refractivity contribution in [1.82, 2.24) is 15.6 Å². The average Bonchev–Trinajstić information content (AvgIpc) is 2.44. The predicted octanol–water partition coefficient (Wildman–Crippen LogP) is 3.24. The molecule has 0 aliphatic rings. The molecule has 10 heteroatoms. The number of ether oxygens (including phenoxy) is 1. The van der Waals surface area contributed by atoms with Gasteiger partial charge in [-0.3, -0.25) is 4.99 Å². The van der Waals surface area contributed by atoms with Crippen LogP contribution in [0.15, 0.2) is 23.3 Å². The van der Waals surface area contributed by atoms with Gasteiger partial charge in [-0.25, -0.2) is 4.98 Å². The highest BCUT2D eigenvalue weighted by molar-refractivity contribution is 14.0. The Morgan fingerprint density at radius 2 is 2.13 bits per heavy atom. The maximum atomic E-state index is 12.1. The molecule has 0 unspecified atom stereocenters. The Labute approximate surface area is 155 Å². The molecular weight excluding hydrogens is 448 g/mol. The van der Waals surface area contributed by atoms with E-state index >= 15 is 0 Å². The molecule has 0 spiro atoms. The van der Waals surface area contributed by atoms with Crippen molar-refractivity contribution < 1.29 is 17.9 Å². The van der Waals surface area contributed by atoms with Crippen molar-refractivity contribution in [2.24, 2.45) is 4.99 Å². The Morgan fingerprint density at radius 1 is 1.39 bits per heavy atom.